The molecule has 162 valence electrons. The van der Waals surface area contributed by atoms with Crippen molar-refractivity contribution >= 4 is 17.4 Å². The Hall–Kier alpha value is -4.20. The summed E-state index contributed by atoms with van der Waals surface area (Å²) in [5.41, 5.74) is 1.68. The quantitative estimate of drug-likeness (QED) is 0.363. The second-order valence-electron chi connectivity index (χ2n) is 7.14. The van der Waals surface area contributed by atoms with Gasteiger partial charge in [-0.05, 0) is 41.5 Å². The molecule has 1 aromatic carbocycles. The normalized spacial score (nSPS) is 17.4. The fourth-order valence-electron chi connectivity index (χ4n) is 3.75. The van der Waals surface area contributed by atoms with Gasteiger partial charge in [0, 0.05) is 36.9 Å². The molecule has 2 aromatic heterocycles. The van der Waals surface area contributed by atoms with Crippen LogP contribution in [0.25, 0.3) is 5.76 Å². The molecule has 0 radical (unpaired) electrons. The highest BCUT2D eigenvalue weighted by Crippen LogP contribution is 2.41. The number of nitrogens with zero attached hydrogens (tertiary/aromatic N) is 3. The van der Waals surface area contributed by atoms with Crippen molar-refractivity contribution in [3.8, 4) is 11.5 Å². The number of Topliss-reactive ketones (excluding diaryl/α,β-unsaturated/α-hetero) is 1. The van der Waals surface area contributed by atoms with Gasteiger partial charge < -0.3 is 19.5 Å². The van der Waals surface area contributed by atoms with Crippen molar-refractivity contribution in [2.75, 3.05) is 14.2 Å². The monoisotopic (exact) mass is 431 g/mol. The maximum atomic E-state index is 13.1. The summed E-state index contributed by atoms with van der Waals surface area (Å²) >= 11 is 0. The first kappa shape index (κ1) is 21.0. The number of hydrogen-bond acceptors (Lipinski definition) is 7. The molecule has 0 spiro atoms. The third kappa shape index (κ3) is 3.78. The molecule has 3 heterocycles. The molecule has 1 fully saturated rings. The van der Waals surface area contributed by atoms with E-state index in [-0.39, 0.29) is 17.9 Å². The molecule has 1 amide bonds. The molecule has 1 aliphatic rings. The van der Waals surface area contributed by atoms with Gasteiger partial charge in [0.05, 0.1) is 25.8 Å². The van der Waals surface area contributed by atoms with Crippen molar-refractivity contribution in [2.24, 2.45) is 0 Å². The lowest BCUT2D eigenvalue weighted by Gasteiger charge is -2.25. The summed E-state index contributed by atoms with van der Waals surface area (Å²) in [6.07, 6.45) is 6.45. The number of carbonyl (C=O) groups is 2. The van der Waals surface area contributed by atoms with Gasteiger partial charge >= 0.3 is 0 Å². The van der Waals surface area contributed by atoms with Crippen molar-refractivity contribution in [2.45, 2.75) is 12.6 Å². The molecule has 1 atom stereocenters. The molecule has 0 aliphatic carbocycles. The largest absolute Gasteiger partial charge is 0.507 e. The number of rotatable bonds is 6. The number of amides is 1. The van der Waals surface area contributed by atoms with Gasteiger partial charge in [-0.2, -0.15) is 0 Å². The lowest BCUT2D eigenvalue weighted by molar-refractivity contribution is -0.140. The van der Waals surface area contributed by atoms with Gasteiger partial charge in [0.1, 0.15) is 5.76 Å². The van der Waals surface area contributed by atoms with Crippen LogP contribution in [-0.4, -0.2) is 45.9 Å². The highest BCUT2D eigenvalue weighted by Gasteiger charge is 2.46. The first-order valence-electron chi connectivity index (χ1n) is 9.84. The molecule has 32 heavy (non-hydrogen) atoms. The zero-order valence-electron chi connectivity index (χ0n) is 17.6. The topological polar surface area (TPSA) is 102 Å². The highest BCUT2D eigenvalue weighted by molar-refractivity contribution is 6.46. The van der Waals surface area contributed by atoms with E-state index in [9.17, 15) is 14.7 Å². The Morgan fingerprint density at radius 2 is 1.72 bits per heavy atom. The Labute approximate surface area is 184 Å². The number of aliphatic hydroxyl groups excluding tert-OH is 1. The van der Waals surface area contributed by atoms with E-state index >= 15 is 0 Å². The fraction of sp³-hybridized carbons (Fsp3) is 0.167. The first-order chi connectivity index (χ1) is 15.5. The van der Waals surface area contributed by atoms with Crippen LogP contribution in [0.2, 0.25) is 0 Å². The van der Waals surface area contributed by atoms with Gasteiger partial charge in [0.25, 0.3) is 11.7 Å². The highest BCUT2D eigenvalue weighted by atomic mass is 16.5. The van der Waals surface area contributed by atoms with E-state index in [1.165, 1.54) is 19.1 Å². The van der Waals surface area contributed by atoms with Gasteiger partial charge in [-0.3, -0.25) is 19.6 Å². The average molecular weight is 431 g/mol. The molecule has 8 nitrogen and oxygen atoms in total. The van der Waals surface area contributed by atoms with Gasteiger partial charge in [-0.1, -0.05) is 12.1 Å². The maximum Gasteiger partial charge on any atom is 0.295 e. The van der Waals surface area contributed by atoms with Crippen LogP contribution in [0.3, 0.4) is 0 Å². The second-order valence-corrected chi connectivity index (χ2v) is 7.14. The van der Waals surface area contributed by atoms with Crippen LogP contribution < -0.4 is 9.47 Å². The van der Waals surface area contributed by atoms with Crippen molar-refractivity contribution in [3.63, 3.8) is 0 Å². The molecular weight excluding hydrogens is 410 g/mol. The minimum Gasteiger partial charge on any atom is -0.507 e. The van der Waals surface area contributed by atoms with E-state index in [0.29, 0.717) is 22.6 Å². The number of pyridine rings is 2. The van der Waals surface area contributed by atoms with Crippen LogP contribution in [0.4, 0.5) is 0 Å². The van der Waals surface area contributed by atoms with Crippen LogP contribution in [0.5, 0.6) is 11.5 Å². The Bertz CT molecular complexity index is 1180. The Balaban J connectivity index is 1.85. The molecule has 3 aromatic rings. The standard InChI is InChI=1S/C24H21N3O5/c1-31-18-8-7-16(11-19(18)32-2)22(28)20-21(17-6-4-10-26-13-17)27(24(30)23(20)29)14-15-5-3-9-25-12-15/h3-13,21,28H,14H2,1-2H3/b22-20+/t21-/m0/s1. The summed E-state index contributed by atoms with van der Waals surface area (Å²) in [6.45, 7) is 0.153. The summed E-state index contributed by atoms with van der Waals surface area (Å²) in [4.78, 5) is 35.7. The smallest absolute Gasteiger partial charge is 0.295 e. The summed E-state index contributed by atoms with van der Waals surface area (Å²) < 4.78 is 10.6. The zero-order valence-corrected chi connectivity index (χ0v) is 17.6. The number of carbonyl (C=O) groups excluding carboxylic acids is 2. The van der Waals surface area contributed by atoms with E-state index < -0.39 is 17.7 Å². The molecule has 0 unspecified atom stereocenters. The minimum atomic E-state index is -0.808. The number of ether oxygens (including phenoxy) is 2. The van der Waals surface area contributed by atoms with Crippen molar-refractivity contribution in [1.29, 1.82) is 0 Å². The van der Waals surface area contributed by atoms with E-state index in [2.05, 4.69) is 9.97 Å². The van der Waals surface area contributed by atoms with Gasteiger partial charge in [0.15, 0.2) is 11.5 Å². The van der Waals surface area contributed by atoms with Crippen molar-refractivity contribution in [1.82, 2.24) is 14.9 Å². The van der Waals surface area contributed by atoms with Gasteiger partial charge in [-0.25, -0.2) is 0 Å². The molecule has 1 N–H and O–H groups in total. The second kappa shape index (κ2) is 8.89. The number of methoxy groups -OCH3 is 2. The zero-order chi connectivity index (χ0) is 22.7. The van der Waals surface area contributed by atoms with Crippen LogP contribution >= 0.6 is 0 Å². The number of ketones is 1. The molecule has 1 aliphatic heterocycles. The van der Waals surface area contributed by atoms with Crippen LogP contribution in [0.15, 0.2) is 72.8 Å². The lowest BCUT2D eigenvalue weighted by atomic mass is 9.96. The lowest BCUT2D eigenvalue weighted by Crippen LogP contribution is -2.29. The van der Waals surface area contributed by atoms with Crippen LogP contribution in [0, 0.1) is 0 Å². The molecule has 0 saturated carbocycles. The molecule has 0 bridgehead atoms. The third-order valence-corrected chi connectivity index (χ3v) is 5.27. The Morgan fingerprint density at radius 1 is 1.00 bits per heavy atom. The van der Waals surface area contributed by atoms with E-state index in [0.717, 1.165) is 5.56 Å². The summed E-state index contributed by atoms with van der Waals surface area (Å²) in [5, 5.41) is 11.2. The number of likely N-dealkylation sites (tertiary alicyclic amines) is 1. The maximum absolute atomic E-state index is 13.1. The van der Waals surface area contributed by atoms with Gasteiger partial charge in [-0.15, -0.1) is 0 Å². The number of aromatic nitrogens is 2. The molecule has 8 heteroatoms. The van der Waals surface area contributed by atoms with E-state index in [1.807, 2.05) is 6.07 Å². The summed E-state index contributed by atoms with van der Waals surface area (Å²) in [7, 11) is 2.98. The first-order valence-corrected chi connectivity index (χ1v) is 9.84. The summed E-state index contributed by atoms with van der Waals surface area (Å²) in [6, 6.07) is 11.0. The number of aliphatic hydroxyl groups is 1. The summed E-state index contributed by atoms with van der Waals surface area (Å²) in [5.74, 6) is -0.907. The fourth-order valence-corrected chi connectivity index (χ4v) is 3.75. The Kier molecular flexibility index (Phi) is 5.85. The van der Waals surface area contributed by atoms with Gasteiger partial charge in [0.2, 0.25) is 0 Å². The van der Waals surface area contributed by atoms with Crippen LogP contribution in [0.1, 0.15) is 22.7 Å². The van der Waals surface area contributed by atoms with E-state index in [4.69, 9.17) is 9.47 Å². The average Bonchev–Trinajstić information content (AvgIpc) is 3.09. The molecular formula is C24H21N3O5. The Morgan fingerprint density at radius 3 is 2.34 bits per heavy atom. The van der Waals surface area contributed by atoms with Crippen molar-refractivity contribution in [3.05, 3.63) is 89.5 Å². The molecule has 4 rings (SSSR count). The SMILES string of the molecule is COc1ccc(/C(O)=C2\C(=O)C(=O)N(Cc3cccnc3)[C@H]2c2cccnc2)cc1OC. The van der Waals surface area contributed by atoms with Crippen molar-refractivity contribution < 1.29 is 24.2 Å². The number of hydrogen-bond donors (Lipinski definition) is 1. The predicted octanol–water partition coefficient (Wildman–Crippen LogP) is 3.12. The number of benzene rings is 1. The predicted molar refractivity (Wildman–Crippen MR) is 116 cm³/mol. The van der Waals surface area contributed by atoms with Crippen LogP contribution in [-0.2, 0) is 16.1 Å². The third-order valence-electron chi connectivity index (χ3n) is 5.27. The van der Waals surface area contributed by atoms with E-state index in [1.54, 1.807) is 61.2 Å². The minimum absolute atomic E-state index is 0.0147. The molecule has 1 saturated heterocycles.